The van der Waals surface area contributed by atoms with E-state index in [9.17, 15) is 18.0 Å². The van der Waals surface area contributed by atoms with Gasteiger partial charge in [-0.15, -0.1) is 5.10 Å². The van der Waals surface area contributed by atoms with Crippen LogP contribution in [0.25, 0.3) is 10.9 Å². The Morgan fingerprint density at radius 1 is 1.31 bits per heavy atom. The number of rotatable bonds is 6. The highest BCUT2D eigenvalue weighted by atomic mass is 32.1. The Labute approximate surface area is 151 Å². The van der Waals surface area contributed by atoms with Gasteiger partial charge in [-0.1, -0.05) is 18.2 Å². The fourth-order valence-corrected chi connectivity index (χ4v) is 3.03. The first-order valence-corrected chi connectivity index (χ1v) is 8.30. The minimum atomic E-state index is -4.68. The molecular formula is C15H15F3N6OS. The standard InChI is InChI=1S/C15H15F3N6OS/c16-15(17,18)10(7-26)14(25)20-12(13-21-23-24-22-13)5-8-6-19-11-4-2-1-3-9(8)11/h1-4,6,10,12,19,26H,5,7H2,(H,20,25)(H,21,22,23,24). The van der Waals surface area contributed by atoms with Crippen LogP contribution >= 0.6 is 12.6 Å². The van der Waals surface area contributed by atoms with E-state index in [-0.39, 0.29) is 12.2 Å². The number of tetrazole rings is 1. The fraction of sp³-hybridized carbons (Fsp3) is 0.333. The number of aromatic amines is 2. The van der Waals surface area contributed by atoms with E-state index in [0.29, 0.717) is 0 Å². The molecule has 1 aromatic carbocycles. The number of H-pyrrole nitrogens is 2. The molecule has 3 N–H and O–H groups in total. The fourth-order valence-electron chi connectivity index (χ4n) is 2.66. The molecule has 11 heteroatoms. The second-order valence-corrected chi connectivity index (χ2v) is 6.05. The van der Waals surface area contributed by atoms with Gasteiger partial charge in [0, 0.05) is 29.3 Å². The van der Waals surface area contributed by atoms with Crippen LogP contribution in [0.5, 0.6) is 0 Å². The number of benzene rings is 1. The third-order valence-electron chi connectivity index (χ3n) is 4.00. The molecule has 3 aromatic rings. The predicted octanol–water partition coefficient (Wildman–Crippen LogP) is 2.19. The number of carbonyl (C=O) groups excluding carboxylic acids is 1. The largest absolute Gasteiger partial charge is 0.401 e. The Bertz CT molecular complexity index is 879. The summed E-state index contributed by atoms with van der Waals surface area (Å²) in [5, 5.41) is 16.4. The second kappa shape index (κ2) is 7.36. The lowest BCUT2D eigenvalue weighted by atomic mass is 10.0. The summed E-state index contributed by atoms with van der Waals surface area (Å²) in [7, 11) is 0. The van der Waals surface area contributed by atoms with E-state index in [2.05, 4.69) is 43.6 Å². The highest BCUT2D eigenvalue weighted by Gasteiger charge is 2.44. The Kier molecular flexibility index (Phi) is 5.16. The summed E-state index contributed by atoms with van der Waals surface area (Å²) in [5.74, 6) is -3.87. The maximum Gasteiger partial charge on any atom is 0.401 e. The van der Waals surface area contributed by atoms with E-state index in [1.807, 2.05) is 24.3 Å². The Morgan fingerprint density at radius 2 is 2.08 bits per heavy atom. The highest BCUT2D eigenvalue weighted by Crippen LogP contribution is 2.29. The molecule has 7 nitrogen and oxygen atoms in total. The van der Waals surface area contributed by atoms with Gasteiger partial charge in [-0.25, -0.2) is 5.10 Å². The normalized spacial score (nSPS) is 14.3. The molecular weight excluding hydrogens is 369 g/mol. The van der Waals surface area contributed by atoms with Crippen LogP contribution in [0.1, 0.15) is 17.4 Å². The molecule has 138 valence electrons. The van der Waals surface area contributed by atoms with Crippen LogP contribution in [0, 0.1) is 5.92 Å². The molecule has 0 aliphatic rings. The lowest BCUT2D eigenvalue weighted by Crippen LogP contribution is -2.42. The number of carbonyl (C=O) groups is 1. The van der Waals surface area contributed by atoms with Crippen LogP contribution in [-0.2, 0) is 11.2 Å². The van der Waals surface area contributed by atoms with E-state index >= 15 is 0 Å². The maximum atomic E-state index is 13.0. The second-order valence-electron chi connectivity index (χ2n) is 5.69. The van der Waals surface area contributed by atoms with Gasteiger partial charge in [0.25, 0.3) is 0 Å². The van der Waals surface area contributed by atoms with Gasteiger partial charge in [-0.3, -0.25) is 4.79 Å². The van der Waals surface area contributed by atoms with Crippen molar-refractivity contribution >= 4 is 29.4 Å². The van der Waals surface area contributed by atoms with Crippen molar-refractivity contribution in [2.75, 3.05) is 5.75 Å². The molecule has 0 saturated heterocycles. The molecule has 0 aliphatic carbocycles. The van der Waals surface area contributed by atoms with Gasteiger partial charge in [-0.05, 0) is 22.1 Å². The molecule has 0 radical (unpaired) electrons. The van der Waals surface area contributed by atoms with Crippen molar-refractivity contribution in [1.82, 2.24) is 30.9 Å². The zero-order valence-electron chi connectivity index (χ0n) is 13.3. The Balaban J connectivity index is 1.86. The van der Waals surface area contributed by atoms with E-state index in [0.717, 1.165) is 16.5 Å². The minimum Gasteiger partial charge on any atom is -0.361 e. The molecule has 2 heterocycles. The molecule has 3 rings (SSSR count). The van der Waals surface area contributed by atoms with E-state index < -0.39 is 29.8 Å². The van der Waals surface area contributed by atoms with Crippen LogP contribution < -0.4 is 5.32 Å². The summed E-state index contributed by atoms with van der Waals surface area (Å²) in [4.78, 5) is 15.2. The summed E-state index contributed by atoms with van der Waals surface area (Å²) in [6, 6.07) is 6.63. The molecule has 0 fully saturated rings. The van der Waals surface area contributed by atoms with Crippen LogP contribution in [-0.4, -0.2) is 43.4 Å². The van der Waals surface area contributed by atoms with Crippen molar-refractivity contribution in [2.45, 2.75) is 18.6 Å². The maximum absolute atomic E-state index is 13.0. The number of hydrogen-bond donors (Lipinski definition) is 4. The first-order valence-electron chi connectivity index (χ1n) is 7.66. The predicted molar refractivity (Wildman–Crippen MR) is 90.5 cm³/mol. The van der Waals surface area contributed by atoms with Crippen molar-refractivity contribution in [3.8, 4) is 0 Å². The van der Waals surface area contributed by atoms with Crippen molar-refractivity contribution < 1.29 is 18.0 Å². The average molecular weight is 384 g/mol. The summed E-state index contributed by atoms with van der Waals surface area (Å²) in [5.41, 5.74) is 1.70. The number of nitrogens with zero attached hydrogens (tertiary/aromatic N) is 3. The highest BCUT2D eigenvalue weighted by molar-refractivity contribution is 7.80. The number of aromatic nitrogens is 5. The van der Waals surface area contributed by atoms with Crippen molar-refractivity contribution in [1.29, 1.82) is 0 Å². The van der Waals surface area contributed by atoms with E-state index in [4.69, 9.17) is 0 Å². The number of nitrogens with one attached hydrogen (secondary N) is 3. The van der Waals surface area contributed by atoms with Crippen molar-refractivity contribution in [3.63, 3.8) is 0 Å². The first kappa shape index (κ1) is 18.2. The quantitative estimate of drug-likeness (QED) is 0.490. The summed E-state index contributed by atoms with van der Waals surface area (Å²) in [6.07, 6.45) is -2.73. The lowest BCUT2D eigenvalue weighted by Gasteiger charge is -2.21. The average Bonchev–Trinajstić information content (AvgIpc) is 3.23. The van der Waals surface area contributed by atoms with Crippen LogP contribution in [0.4, 0.5) is 13.2 Å². The van der Waals surface area contributed by atoms with Gasteiger partial charge in [0.2, 0.25) is 5.91 Å². The molecule has 0 aliphatic heterocycles. The number of fused-ring (bicyclic) bond motifs is 1. The van der Waals surface area contributed by atoms with Crippen LogP contribution in [0.15, 0.2) is 30.5 Å². The number of alkyl halides is 3. The number of halogens is 3. The lowest BCUT2D eigenvalue weighted by molar-refractivity contribution is -0.178. The zero-order valence-corrected chi connectivity index (χ0v) is 14.2. The zero-order chi connectivity index (χ0) is 18.7. The third-order valence-corrected chi connectivity index (χ3v) is 4.37. The van der Waals surface area contributed by atoms with Crippen LogP contribution in [0.3, 0.4) is 0 Å². The minimum absolute atomic E-state index is 0.170. The first-order chi connectivity index (χ1) is 12.4. The number of para-hydroxylation sites is 1. The third kappa shape index (κ3) is 3.82. The molecule has 0 spiro atoms. The summed E-state index contributed by atoms with van der Waals surface area (Å²) in [6.45, 7) is 0. The monoisotopic (exact) mass is 384 g/mol. The number of hydrogen-bond acceptors (Lipinski definition) is 5. The number of amides is 1. The molecule has 26 heavy (non-hydrogen) atoms. The van der Waals surface area contributed by atoms with E-state index in [1.54, 1.807) is 6.20 Å². The van der Waals surface area contributed by atoms with Gasteiger partial charge >= 0.3 is 6.18 Å². The molecule has 1 amide bonds. The molecule has 0 saturated carbocycles. The number of thiol groups is 1. The SMILES string of the molecule is O=C(NC(Cc1c[nH]c2ccccc12)c1nnn[nH]1)C(CS)C(F)(F)F. The van der Waals surface area contributed by atoms with Gasteiger partial charge in [0.1, 0.15) is 5.92 Å². The van der Waals surface area contributed by atoms with Crippen LogP contribution in [0.2, 0.25) is 0 Å². The van der Waals surface area contributed by atoms with Gasteiger partial charge in [-0.2, -0.15) is 25.8 Å². The smallest absolute Gasteiger partial charge is 0.361 e. The summed E-state index contributed by atoms with van der Waals surface area (Å²) < 4.78 is 39.0. The Morgan fingerprint density at radius 3 is 2.73 bits per heavy atom. The summed E-state index contributed by atoms with van der Waals surface area (Å²) >= 11 is 3.65. The van der Waals surface area contributed by atoms with Crippen molar-refractivity contribution in [2.24, 2.45) is 5.92 Å². The van der Waals surface area contributed by atoms with E-state index in [1.165, 1.54) is 0 Å². The molecule has 2 atom stereocenters. The van der Waals surface area contributed by atoms with Crippen molar-refractivity contribution in [3.05, 3.63) is 41.9 Å². The molecule has 0 bridgehead atoms. The molecule has 2 unspecified atom stereocenters. The van der Waals surface area contributed by atoms with Gasteiger partial charge < -0.3 is 10.3 Å². The van der Waals surface area contributed by atoms with Gasteiger partial charge in [0.05, 0.1) is 6.04 Å². The van der Waals surface area contributed by atoms with Gasteiger partial charge in [0.15, 0.2) is 5.82 Å². The topological polar surface area (TPSA) is 99.3 Å². The Hall–Kier alpha value is -2.56. The molecule has 2 aromatic heterocycles.